The molecule has 0 fully saturated rings. The molecule has 0 amide bonds. The molecule has 0 radical (unpaired) electrons. The monoisotopic (exact) mass is 515 g/mol. The van der Waals surface area contributed by atoms with Gasteiger partial charge in [-0.05, 0) is 30.0 Å². The van der Waals surface area contributed by atoms with E-state index in [1.807, 2.05) is 11.4 Å². The Morgan fingerprint density at radius 1 is 1.32 bits per heavy atom. The van der Waals surface area contributed by atoms with E-state index in [2.05, 4.69) is 16.4 Å². The van der Waals surface area contributed by atoms with Gasteiger partial charge in [0.15, 0.2) is 5.96 Å². The number of guanidine groups is 1. The average Bonchev–Trinajstić information content (AvgIpc) is 3.07. The number of rotatable bonds is 8. The Kier molecular flexibility index (Phi) is 10.5. The standard InChI is InChI=1S/C16H19Cl2N3O2S.HI/c17-13-4-1-5-14(15(13)18)23-10-11(22)9-21-16(19)20-7-6-12-3-2-8-24-12;/h1-5,8,11,22H,6-7,9-10H2,(H3,19,20,21);1H. The van der Waals surface area contributed by atoms with Crippen LogP contribution in [0.1, 0.15) is 4.88 Å². The molecule has 0 aliphatic rings. The summed E-state index contributed by atoms with van der Waals surface area (Å²) in [6, 6.07) is 9.16. The summed E-state index contributed by atoms with van der Waals surface area (Å²) in [4.78, 5) is 5.37. The van der Waals surface area contributed by atoms with Gasteiger partial charge in [-0.3, -0.25) is 4.99 Å². The molecular formula is C16H20Cl2IN3O2S. The first-order valence-electron chi connectivity index (χ1n) is 7.37. The first-order valence-corrected chi connectivity index (χ1v) is 9.01. The van der Waals surface area contributed by atoms with Crippen molar-refractivity contribution in [2.75, 3.05) is 19.7 Å². The molecule has 0 aliphatic carbocycles. The Bertz CT molecular complexity index is 671. The fourth-order valence-electron chi connectivity index (χ4n) is 1.86. The summed E-state index contributed by atoms with van der Waals surface area (Å²) >= 11 is 13.6. The van der Waals surface area contributed by atoms with Gasteiger partial charge in [-0.15, -0.1) is 35.3 Å². The minimum Gasteiger partial charge on any atom is -0.489 e. The lowest BCUT2D eigenvalue weighted by Gasteiger charge is -2.12. The highest BCUT2D eigenvalue weighted by Crippen LogP contribution is 2.31. The summed E-state index contributed by atoms with van der Waals surface area (Å²) in [5.74, 6) is 0.723. The molecule has 1 aromatic heterocycles. The van der Waals surface area contributed by atoms with E-state index < -0.39 is 6.10 Å². The Hall–Kier alpha value is -0.740. The first kappa shape index (κ1) is 22.3. The minimum atomic E-state index is -0.794. The third-order valence-corrected chi connectivity index (χ3v) is 4.82. The van der Waals surface area contributed by atoms with Crippen LogP contribution in [0, 0.1) is 0 Å². The maximum Gasteiger partial charge on any atom is 0.188 e. The number of aliphatic imine (C=N–C) groups is 1. The highest BCUT2D eigenvalue weighted by atomic mass is 127. The molecule has 2 aromatic rings. The van der Waals surface area contributed by atoms with Crippen LogP contribution in [0.4, 0.5) is 0 Å². The van der Waals surface area contributed by atoms with E-state index in [1.165, 1.54) is 4.88 Å². The lowest BCUT2D eigenvalue weighted by molar-refractivity contribution is 0.114. The van der Waals surface area contributed by atoms with Crippen molar-refractivity contribution in [3.05, 3.63) is 50.6 Å². The second-order valence-corrected chi connectivity index (χ2v) is 6.82. The highest BCUT2D eigenvalue weighted by Gasteiger charge is 2.09. The van der Waals surface area contributed by atoms with E-state index in [0.717, 1.165) is 6.42 Å². The number of thiophene rings is 1. The van der Waals surface area contributed by atoms with Crippen LogP contribution >= 0.6 is 58.5 Å². The van der Waals surface area contributed by atoms with Crippen LogP contribution in [0.3, 0.4) is 0 Å². The van der Waals surface area contributed by atoms with Crippen molar-refractivity contribution in [3.8, 4) is 5.75 Å². The van der Waals surface area contributed by atoms with E-state index >= 15 is 0 Å². The highest BCUT2D eigenvalue weighted by molar-refractivity contribution is 14.0. The number of aliphatic hydroxyl groups is 1. The second-order valence-electron chi connectivity index (χ2n) is 5.00. The van der Waals surface area contributed by atoms with Crippen molar-refractivity contribution >= 4 is 64.5 Å². The molecule has 0 spiro atoms. The number of nitrogens with two attached hydrogens (primary N) is 1. The van der Waals surface area contributed by atoms with Gasteiger partial charge in [0.25, 0.3) is 0 Å². The molecule has 138 valence electrons. The van der Waals surface area contributed by atoms with Gasteiger partial charge in [-0.25, -0.2) is 0 Å². The lowest BCUT2D eigenvalue weighted by Crippen LogP contribution is -2.34. The van der Waals surface area contributed by atoms with Crippen LogP contribution in [0.2, 0.25) is 10.0 Å². The Morgan fingerprint density at radius 2 is 2.12 bits per heavy atom. The fourth-order valence-corrected chi connectivity index (χ4v) is 2.92. The number of aliphatic hydroxyl groups excluding tert-OH is 1. The minimum absolute atomic E-state index is 0. The SMILES string of the molecule is I.NC(=NCC(O)COc1cccc(Cl)c1Cl)NCCc1cccs1. The molecule has 25 heavy (non-hydrogen) atoms. The first-order chi connectivity index (χ1) is 11.6. The molecule has 1 unspecified atom stereocenters. The molecule has 0 saturated heterocycles. The summed E-state index contributed by atoms with van der Waals surface area (Å²) in [7, 11) is 0. The maximum absolute atomic E-state index is 9.91. The van der Waals surface area contributed by atoms with Crippen LogP contribution in [0.15, 0.2) is 40.7 Å². The molecule has 1 atom stereocenters. The fraction of sp³-hybridized carbons (Fsp3) is 0.312. The van der Waals surface area contributed by atoms with Crippen LogP contribution in [0.5, 0.6) is 5.75 Å². The normalized spacial score (nSPS) is 12.4. The van der Waals surface area contributed by atoms with E-state index in [9.17, 15) is 5.11 Å². The Balaban J connectivity index is 0.00000312. The van der Waals surface area contributed by atoms with Crippen molar-refractivity contribution in [1.82, 2.24) is 5.32 Å². The van der Waals surface area contributed by atoms with Crippen LogP contribution in [-0.2, 0) is 6.42 Å². The number of nitrogens with zero attached hydrogens (tertiary/aromatic N) is 1. The number of benzene rings is 1. The topological polar surface area (TPSA) is 79.9 Å². The molecule has 1 aromatic carbocycles. The molecular weight excluding hydrogens is 496 g/mol. The third kappa shape index (κ3) is 8.00. The summed E-state index contributed by atoms with van der Waals surface area (Å²) < 4.78 is 5.45. The van der Waals surface area contributed by atoms with E-state index in [4.69, 9.17) is 33.7 Å². The van der Waals surface area contributed by atoms with Gasteiger partial charge >= 0.3 is 0 Å². The molecule has 0 bridgehead atoms. The van der Waals surface area contributed by atoms with Crippen LogP contribution < -0.4 is 15.8 Å². The zero-order valence-corrected chi connectivity index (χ0v) is 18.0. The van der Waals surface area contributed by atoms with E-state index in [-0.39, 0.29) is 37.1 Å². The number of ether oxygens (including phenoxy) is 1. The average molecular weight is 516 g/mol. The van der Waals surface area contributed by atoms with Crippen molar-refractivity contribution in [3.63, 3.8) is 0 Å². The summed E-state index contributed by atoms with van der Waals surface area (Å²) in [5.41, 5.74) is 5.76. The number of halogens is 3. The molecule has 2 rings (SSSR count). The lowest BCUT2D eigenvalue weighted by atomic mass is 10.3. The molecule has 0 saturated carbocycles. The van der Waals surface area contributed by atoms with Gasteiger partial charge in [0, 0.05) is 11.4 Å². The van der Waals surface area contributed by atoms with Crippen molar-refractivity contribution in [2.24, 2.45) is 10.7 Å². The molecule has 5 nitrogen and oxygen atoms in total. The largest absolute Gasteiger partial charge is 0.489 e. The Labute approximate surface area is 178 Å². The van der Waals surface area contributed by atoms with Gasteiger partial charge < -0.3 is 20.9 Å². The Morgan fingerprint density at radius 3 is 2.84 bits per heavy atom. The van der Waals surface area contributed by atoms with Gasteiger partial charge in [-0.2, -0.15) is 0 Å². The van der Waals surface area contributed by atoms with Crippen molar-refractivity contribution < 1.29 is 9.84 Å². The number of hydrogen-bond donors (Lipinski definition) is 3. The predicted octanol–water partition coefficient (Wildman–Crippen LogP) is 3.56. The summed E-state index contributed by atoms with van der Waals surface area (Å²) in [6.45, 7) is 0.878. The van der Waals surface area contributed by atoms with Gasteiger partial charge in [0.1, 0.15) is 23.5 Å². The van der Waals surface area contributed by atoms with Gasteiger partial charge in [0.2, 0.25) is 0 Å². The molecule has 0 aliphatic heterocycles. The smallest absolute Gasteiger partial charge is 0.188 e. The summed E-state index contributed by atoms with van der Waals surface area (Å²) in [5, 5.41) is 15.7. The molecule has 1 heterocycles. The zero-order chi connectivity index (χ0) is 17.4. The van der Waals surface area contributed by atoms with Crippen molar-refractivity contribution in [2.45, 2.75) is 12.5 Å². The maximum atomic E-state index is 9.91. The van der Waals surface area contributed by atoms with Gasteiger partial charge in [-0.1, -0.05) is 35.3 Å². The van der Waals surface area contributed by atoms with Gasteiger partial charge in [0.05, 0.1) is 11.6 Å². The number of hydrogen-bond acceptors (Lipinski definition) is 4. The van der Waals surface area contributed by atoms with Crippen molar-refractivity contribution in [1.29, 1.82) is 0 Å². The second kappa shape index (κ2) is 11.8. The van der Waals surface area contributed by atoms with Crippen LogP contribution in [-0.4, -0.2) is 36.9 Å². The van der Waals surface area contributed by atoms with E-state index in [1.54, 1.807) is 29.5 Å². The zero-order valence-electron chi connectivity index (χ0n) is 13.3. The number of nitrogens with one attached hydrogen (secondary N) is 1. The van der Waals surface area contributed by atoms with E-state index in [0.29, 0.717) is 28.3 Å². The third-order valence-electron chi connectivity index (χ3n) is 3.08. The molecule has 4 N–H and O–H groups in total. The van der Waals surface area contributed by atoms with Crippen LogP contribution in [0.25, 0.3) is 0 Å². The predicted molar refractivity (Wildman–Crippen MR) is 116 cm³/mol. The summed E-state index contributed by atoms with van der Waals surface area (Å²) in [6.07, 6.45) is 0.0880. The quantitative estimate of drug-likeness (QED) is 0.285. The molecule has 9 heteroatoms.